The summed E-state index contributed by atoms with van der Waals surface area (Å²) in [6, 6.07) is 7.69. The molecule has 0 radical (unpaired) electrons. The van der Waals surface area contributed by atoms with E-state index in [1.54, 1.807) is 11.3 Å². The number of nitrogens with zero attached hydrogens (tertiary/aromatic N) is 1. The van der Waals surface area contributed by atoms with Gasteiger partial charge in [-0.15, -0.1) is 11.3 Å². The van der Waals surface area contributed by atoms with Gasteiger partial charge in [0.15, 0.2) is 0 Å². The molecule has 0 aliphatic rings. The molecular weight excluding hydrogens is 284 g/mol. The monoisotopic (exact) mass is 306 g/mol. The van der Waals surface area contributed by atoms with Crippen molar-refractivity contribution in [1.29, 1.82) is 0 Å². The van der Waals surface area contributed by atoms with Gasteiger partial charge in [0.25, 0.3) is 0 Å². The maximum atomic E-state index is 5.74. The summed E-state index contributed by atoms with van der Waals surface area (Å²) in [5.74, 6) is 1.72. The molecule has 0 amide bonds. The Kier molecular flexibility index (Phi) is 6.02. The van der Waals surface area contributed by atoms with Gasteiger partial charge in [-0.1, -0.05) is 6.92 Å². The zero-order valence-electron chi connectivity index (χ0n) is 12.6. The van der Waals surface area contributed by atoms with E-state index in [1.165, 1.54) is 4.88 Å². The van der Waals surface area contributed by atoms with Crippen LogP contribution < -0.4 is 15.2 Å². The minimum Gasteiger partial charge on any atom is -0.494 e. The fraction of sp³-hybridized carbons (Fsp3) is 0.438. The molecular formula is C16H22N2O2S. The van der Waals surface area contributed by atoms with Gasteiger partial charge in [-0.2, -0.15) is 0 Å². The lowest BCUT2D eigenvalue weighted by Gasteiger charge is -2.06. The Hall–Kier alpha value is -1.59. The van der Waals surface area contributed by atoms with Gasteiger partial charge in [-0.25, -0.2) is 4.98 Å². The van der Waals surface area contributed by atoms with E-state index in [2.05, 4.69) is 11.9 Å². The summed E-state index contributed by atoms with van der Waals surface area (Å²) in [6.45, 7) is 5.94. The molecule has 114 valence electrons. The highest BCUT2D eigenvalue weighted by atomic mass is 32.1. The molecule has 2 N–H and O–H groups in total. The number of benzene rings is 1. The summed E-state index contributed by atoms with van der Waals surface area (Å²) < 4.78 is 11.1. The second-order valence-corrected chi connectivity index (χ2v) is 5.71. The first-order chi connectivity index (χ1) is 10.3. The zero-order chi connectivity index (χ0) is 15.1. The van der Waals surface area contributed by atoms with Gasteiger partial charge in [-0.05, 0) is 37.6 Å². The normalized spacial score (nSPS) is 10.6. The number of aryl methyl sites for hydroxylation is 1. The van der Waals surface area contributed by atoms with Gasteiger partial charge >= 0.3 is 0 Å². The maximum absolute atomic E-state index is 5.74. The van der Waals surface area contributed by atoms with Crippen LogP contribution in [0, 0.1) is 0 Å². The Balaban J connectivity index is 1.84. The first kappa shape index (κ1) is 15.8. The predicted molar refractivity (Wildman–Crippen MR) is 86.2 cm³/mol. The molecule has 0 saturated heterocycles. The molecule has 0 aliphatic carbocycles. The molecule has 4 nitrogen and oxygen atoms in total. The Bertz CT molecular complexity index is 530. The second kappa shape index (κ2) is 8.00. The van der Waals surface area contributed by atoms with Crippen LogP contribution in [0.4, 0.5) is 0 Å². The molecule has 1 heterocycles. The molecule has 0 spiro atoms. The van der Waals surface area contributed by atoms with E-state index in [9.17, 15) is 0 Å². The van der Waals surface area contributed by atoms with Crippen molar-refractivity contribution in [2.24, 2.45) is 5.73 Å². The number of hydrogen-bond donors (Lipinski definition) is 1. The Morgan fingerprint density at radius 3 is 2.29 bits per heavy atom. The molecule has 2 aromatic rings. The molecule has 0 aliphatic heterocycles. The summed E-state index contributed by atoms with van der Waals surface area (Å²) in [5, 5.41) is 1.10. The van der Waals surface area contributed by atoms with E-state index in [4.69, 9.17) is 15.2 Å². The van der Waals surface area contributed by atoms with Gasteiger partial charge in [0.2, 0.25) is 0 Å². The third-order valence-corrected chi connectivity index (χ3v) is 4.24. The molecule has 2 rings (SSSR count). The topological polar surface area (TPSA) is 57.4 Å². The summed E-state index contributed by atoms with van der Waals surface area (Å²) in [5.41, 5.74) is 6.85. The van der Waals surface area contributed by atoms with Crippen molar-refractivity contribution in [2.45, 2.75) is 33.2 Å². The molecule has 5 heteroatoms. The fourth-order valence-corrected chi connectivity index (χ4v) is 3.05. The van der Waals surface area contributed by atoms with Crippen molar-refractivity contribution < 1.29 is 9.47 Å². The Morgan fingerprint density at radius 1 is 1.10 bits per heavy atom. The van der Waals surface area contributed by atoms with E-state index < -0.39 is 0 Å². The molecule has 0 fully saturated rings. The number of thiazole rings is 1. The highest BCUT2D eigenvalue weighted by Gasteiger charge is 2.08. The third-order valence-electron chi connectivity index (χ3n) is 3.06. The van der Waals surface area contributed by atoms with Crippen molar-refractivity contribution in [1.82, 2.24) is 4.98 Å². The third kappa shape index (κ3) is 4.44. The highest BCUT2D eigenvalue weighted by molar-refractivity contribution is 7.11. The van der Waals surface area contributed by atoms with Crippen molar-refractivity contribution in [3.05, 3.63) is 39.8 Å². The van der Waals surface area contributed by atoms with E-state index >= 15 is 0 Å². The van der Waals surface area contributed by atoms with E-state index in [1.807, 2.05) is 31.2 Å². The lowest BCUT2D eigenvalue weighted by molar-refractivity contribution is 0.318. The number of hydrogen-bond acceptors (Lipinski definition) is 5. The van der Waals surface area contributed by atoms with Crippen LogP contribution in [0.1, 0.15) is 29.4 Å². The van der Waals surface area contributed by atoms with Gasteiger partial charge in [0.05, 0.1) is 23.9 Å². The number of ether oxygens (including phenoxy) is 2. The smallest absolute Gasteiger partial charge is 0.119 e. The molecule has 21 heavy (non-hydrogen) atoms. The largest absolute Gasteiger partial charge is 0.494 e. The van der Waals surface area contributed by atoms with Gasteiger partial charge in [0, 0.05) is 17.8 Å². The van der Waals surface area contributed by atoms with Crippen LogP contribution in [-0.2, 0) is 19.4 Å². The van der Waals surface area contributed by atoms with Crippen molar-refractivity contribution in [3.63, 3.8) is 0 Å². The SMILES string of the molecule is CCOc1ccc(OCCc2nc(CC)c(CN)s2)cc1. The van der Waals surface area contributed by atoms with Crippen LogP contribution >= 0.6 is 11.3 Å². The molecule has 0 bridgehead atoms. The van der Waals surface area contributed by atoms with Crippen LogP contribution in [-0.4, -0.2) is 18.2 Å². The Labute approximate surface area is 129 Å². The van der Waals surface area contributed by atoms with Gasteiger partial charge < -0.3 is 15.2 Å². The molecule has 0 atom stereocenters. The van der Waals surface area contributed by atoms with Crippen LogP contribution in [0.5, 0.6) is 11.5 Å². The van der Waals surface area contributed by atoms with Crippen molar-refractivity contribution >= 4 is 11.3 Å². The van der Waals surface area contributed by atoms with Crippen LogP contribution in [0.15, 0.2) is 24.3 Å². The minimum absolute atomic E-state index is 0.570. The first-order valence-corrected chi connectivity index (χ1v) is 8.11. The fourth-order valence-electron chi connectivity index (χ4n) is 2.03. The quantitative estimate of drug-likeness (QED) is 0.814. The summed E-state index contributed by atoms with van der Waals surface area (Å²) >= 11 is 1.69. The lowest BCUT2D eigenvalue weighted by atomic mass is 10.3. The minimum atomic E-state index is 0.570. The van der Waals surface area contributed by atoms with Gasteiger partial charge in [-0.3, -0.25) is 0 Å². The van der Waals surface area contributed by atoms with Crippen molar-refractivity contribution in [2.75, 3.05) is 13.2 Å². The maximum Gasteiger partial charge on any atom is 0.119 e. The number of nitrogens with two attached hydrogens (primary N) is 1. The summed E-state index contributed by atoms with van der Waals surface area (Å²) in [7, 11) is 0. The molecule has 0 unspecified atom stereocenters. The standard InChI is InChI=1S/C16H22N2O2S/c1-3-14-15(11-17)21-16(18-14)9-10-20-13-7-5-12(6-8-13)19-4-2/h5-8H,3-4,9-11,17H2,1-2H3. The zero-order valence-corrected chi connectivity index (χ0v) is 13.4. The van der Waals surface area contributed by atoms with E-state index in [0.717, 1.165) is 35.0 Å². The average Bonchev–Trinajstić information content (AvgIpc) is 2.92. The lowest BCUT2D eigenvalue weighted by Crippen LogP contribution is -2.01. The molecule has 0 saturated carbocycles. The predicted octanol–water partition coefficient (Wildman–Crippen LogP) is 3.18. The average molecular weight is 306 g/mol. The highest BCUT2D eigenvalue weighted by Crippen LogP contribution is 2.20. The summed E-state index contributed by atoms with van der Waals surface area (Å²) in [6.07, 6.45) is 1.74. The molecule has 1 aromatic heterocycles. The number of aromatic nitrogens is 1. The van der Waals surface area contributed by atoms with Crippen LogP contribution in [0.25, 0.3) is 0 Å². The molecule has 1 aromatic carbocycles. The number of rotatable bonds is 8. The first-order valence-electron chi connectivity index (χ1n) is 7.30. The van der Waals surface area contributed by atoms with Crippen LogP contribution in [0.3, 0.4) is 0 Å². The van der Waals surface area contributed by atoms with Crippen molar-refractivity contribution in [3.8, 4) is 11.5 Å². The van der Waals surface area contributed by atoms with E-state index in [-0.39, 0.29) is 0 Å². The Morgan fingerprint density at radius 2 is 1.76 bits per heavy atom. The van der Waals surface area contributed by atoms with Gasteiger partial charge in [0.1, 0.15) is 11.5 Å². The second-order valence-electron chi connectivity index (χ2n) is 4.54. The van der Waals surface area contributed by atoms with Crippen LogP contribution in [0.2, 0.25) is 0 Å². The van der Waals surface area contributed by atoms with E-state index in [0.29, 0.717) is 19.8 Å². The summed E-state index contributed by atoms with van der Waals surface area (Å²) in [4.78, 5) is 5.80.